The molecular weight excluding hydrogens is 328 g/mol. The van der Waals surface area contributed by atoms with E-state index in [1.165, 1.54) is 18.4 Å². The number of rotatable bonds is 3. The summed E-state index contributed by atoms with van der Waals surface area (Å²) < 4.78 is 10.2. The summed E-state index contributed by atoms with van der Waals surface area (Å²) in [6.07, 6.45) is 5.67. The molecule has 0 aromatic carbocycles. The average molecular weight is 348 g/mol. The maximum absolute atomic E-state index is 12.7. The largest absolute Gasteiger partial charge is 0.467 e. The Hall–Kier alpha value is -2.28. The van der Waals surface area contributed by atoms with Crippen LogP contribution in [0.2, 0.25) is 0 Å². The van der Waals surface area contributed by atoms with Gasteiger partial charge >= 0.3 is 12.0 Å². The number of nitrogens with one attached hydrogen (secondary N) is 1. The topological polar surface area (TPSA) is 71.8 Å². The predicted octanol–water partition coefficient (Wildman–Crippen LogP) is 4.28. The molecule has 2 aromatic heterocycles. The molecule has 0 saturated carbocycles. The normalized spacial score (nSPS) is 18.0. The summed E-state index contributed by atoms with van der Waals surface area (Å²) in [6, 6.07) is 6.90. The van der Waals surface area contributed by atoms with Gasteiger partial charge < -0.3 is 14.1 Å². The first-order valence-electron chi connectivity index (χ1n) is 7.98. The molecule has 1 aliphatic heterocycles. The van der Waals surface area contributed by atoms with Crippen molar-refractivity contribution in [3.63, 3.8) is 0 Å². The van der Waals surface area contributed by atoms with Crippen molar-refractivity contribution in [3.05, 3.63) is 41.2 Å². The van der Waals surface area contributed by atoms with Crippen molar-refractivity contribution >= 4 is 28.3 Å². The van der Waals surface area contributed by atoms with Crippen molar-refractivity contribution < 1.29 is 18.7 Å². The molecule has 0 spiro atoms. The van der Waals surface area contributed by atoms with Crippen LogP contribution in [0.5, 0.6) is 0 Å². The molecule has 2 amide bonds. The number of thiophene rings is 1. The van der Waals surface area contributed by atoms with Crippen molar-refractivity contribution in [1.82, 2.24) is 4.90 Å². The number of anilines is 1. The molecule has 1 unspecified atom stereocenters. The van der Waals surface area contributed by atoms with E-state index in [4.69, 9.17) is 4.42 Å². The number of carbonyl (C=O) groups excluding carboxylic acids is 2. The number of ether oxygens (including phenoxy) is 1. The van der Waals surface area contributed by atoms with Gasteiger partial charge in [-0.15, -0.1) is 11.3 Å². The Morgan fingerprint density at radius 1 is 1.29 bits per heavy atom. The lowest BCUT2D eigenvalue weighted by Crippen LogP contribution is -2.37. The Labute approximate surface area is 144 Å². The summed E-state index contributed by atoms with van der Waals surface area (Å²) in [4.78, 5) is 26.5. The summed E-state index contributed by atoms with van der Waals surface area (Å²) in [5.41, 5.74) is 0. The SMILES string of the molecule is COC(=O)c1ccc(NC(=O)N2CCCCCC2c2ccco2)s1. The van der Waals surface area contributed by atoms with Gasteiger partial charge in [0.1, 0.15) is 10.6 Å². The highest BCUT2D eigenvalue weighted by Gasteiger charge is 2.29. The molecule has 0 radical (unpaired) electrons. The van der Waals surface area contributed by atoms with E-state index in [1.807, 2.05) is 17.0 Å². The van der Waals surface area contributed by atoms with Gasteiger partial charge in [-0.25, -0.2) is 9.59 Å². The van der Waals surface area contributed by atoms with Crippen LogP contribution in [0, 0.1) is 0 Å². The van der Waals surface area contributed by atoms with E-state index in [2.05, 4.69) is 10.1 Å². The molecule has 1 atom stereocenters. The minimum atomic E-state index is -0.399. The lowest BCUT2D eigenvalue weighted by Gasteiger charge is -2.28. The second-order valence-corrected chi connectivity index (χ2v) is 6.74. The molecule has 1 N–H and O–H groups in total. The number of esters is 1. The first-order valence-corrected chi connectivity index (χ1v) is 8.80. The highest BCUT2D eigenvalue weighted by atomic mass is 32.1. The molecule has 7 heteroatoms. The molecule has 3 heterocycles. The Morgan fingerprint density at radius 3 is 2.92 bits per heavy atom. The van der Waals surface area contributed by atoms with Crippen LogP contribution in [-0.2, 0) is 4.74 Å². The minimum Gasteiger partial charge on any atom is -0.467 e. The van der Waals surface area contributed by atoms with Crippen molar-refractivity contribution in [2.24, 2.45) is 0 Å². The Morgan fingerprint density at radius 2 is 2.17 bits per heavy atom. The van der Waals surface area contributed by atoms with Gasteiger partial charge in [0, 0.05) is 6.54 Å². The number of furan rings is 1. The van der Waals surface area contributed by atoms with Crippen LogP contribution in [0.15, 0.2) is 34.9 Å². The van der Waals surface area contributed by atoms with Crippen molar-refractivity contribution in [2.45, 2.75) is 31.7 Å². The minimum absolute atomic E-state index is 0.0532. The van der Waals surface area contributed by atoms with E-state index < -0.39 is 5.97 Å². The zero-order valence-corrected chi connectivity index (χ0v) is 14.3. The number of nitrogens with zero attached hydrogens (tertiary/aromatic N) is 1. The second-order valence-electron chi connectivity index (χ2n) is 5.66. The molecule has 2 aromatic rings. The molecule has 1 saturated heterocycles. The third-order valence-electron chi connectivity index (χ3n) is 4.11. The quantitative estimate of drug-likeness (QED) is 0.841. The van der Waals surface area contributed by atoms with Gasteiger partial charge in [-0.2, -0.15) is 0 Å². The molecule has 0 bridgehead atoms. The third-order valence-corrected chi connectivity index (χ3v) is 5.09. The van der Waals surface area contributed by atoms with Crippen molar-refractivity contribution in [3.8, 4) is 0 Å². The van der Waals surface area contributed by atoms with E-state index in [9.17, 15) is 9.59 Å². The number of hydrogen-bond acceptors (Lipinski definition) is 5. The van der Waals surface area contributed by atoms with Gasteiger partial charge in [0.2, 0.25) is 0 Å². The van der Waals surface area contributed by atoms with Gasteiger partial charge in [0.25, 0.3) is 0 Å². The number of likely N-dealkylation sites (tertiary alicyclic amines) is 1. The van der Waals surface area contributed by atoms with E-state index >= 15 is 0 Å². The zero-order chi connectivity index (χ0) is 16.9. The van der Waals surface area contributed by atoms with E-state index in [0.29, 0.717) is 16.4 Å². The summed E-state index contributed by atoms with van der Waals surface area (Å²) in [5.74, 6) is 0.414. The molecule has 0 aliphatic carbocycles. The first-order chi connectivity index (χ1) is 11.7. The van der Waals surface area contributed by atoms with Crippen LogP contribution >= 0.6 is 11.3 Å². The zero-order valence-electron chi connectivity index (χ0n) is 13.5. The maximum atomic E-state index is 12.7. The lowest BCUT2D eigenvalue weighted by atomic mass is 10.1. The van der Waals surface area contributed by atoms with Crippen molar-refractivity contribution in [1.29, 1.82) is 0 Å². The number of carbonyl (C=O) groups is 2. The number of methoxy groups -OCH3 is 1. The van der Waals surface area contributed by atoms with E-state index in [1.54, 1.807) is 18.4 Å². The average Bonchev–Trinajstić information content (AvgIpc) is 3.22. The Kier molecular flexibility index (Phi) is 5.20. The number of urea groups is 1. The van der Waals surface area contributed by atoms with Gasteiger partial charge in [-0.05, 0) is 37.1 Å². The van der Waals surface area contributed by atoms with Gasteiger partial charge in [-0.3, -0.25) is 5.32 Å². The van der Waals surface area contributed by atoms with Crippen molar-refractivity contribution in [2.75, 3.05) is 19.0 Å². The Balaban J connectivity index is 1.74. The van der Waals surface area contributed by atoms with E-state index in [0.717, 1.165) is 31.4 Å². The molecule has 128 valence electrons. The molecule has 1 fully saturated rings. The summed E-state index contributed by atoms with van der Waals surface area (Å²) in [7, 11) is 1.34. The fourth-order valence-electron chi connectivity index (χ4n) is 2.92. The molecule has 6 nitrogen and oxygen atoms in total. The van der Waals surface area contributed by atoms with Gasteiger partial charge in [-0.1, -0.05) is 12.8 Å². The fourth-order valence-corrected chi connectivity index (χ4v) is 3.73. The molecule has 1 aliphatic rings. The highest BCUT2D eigenvalue weighted by molar-refractivity contribution is 7.18. The maximum Gasteiger partial charge on any atom is 0.348 e. The highest BCUT2D eigenvalue weighted by Crippen LogP contribution is 2.31. The molecular formula is C17H20N2O4S. The monoisotopic (exact) mass is 348 g/mol. The van der Waals surface area contributed by atoms with Crippen LogP contribution < -0.4 is 5.32 Å². The number of amides is 2. The summed E-state index contributed by atoms with van der Waals surface area (Å²) in [6.45, 7) is 0.687. The lowest BCUT2D eigenvalue weighted by molar-refractivity contribution is 0.0606. The van der Waals surface area contributed by atoms with Crippen LogP contribution in [0.1, 0.15) is 47.2 Å². The smallest absolute Gasteiger partial charge is 0.348 e. The van der Waals surface area contributed by atoms with E-state index in [-0.39, 0.29) is 12.1 Å². The predicted molar refractivity (Wildman–Crippen MR) is 91.3 cm³/mol. The molecule has 3 rings (SSSR count). The Bertz CT molecular complexity index is 695. The molecule has 24 heavy (non-hydrogen) atoms. The van der Waals surface area contributed by atoms with Gasteiger partial charge in [0.05, 0.1) is 24.4 Å². The van der Waals surface area contributed by atoms with Crippen LogP contribution in [0.25, 0.3) is 0 Å². The van der Waals surface area contributed by atoms with Crippen LogP contribution in [0.3, 0.4) is 0 Å². The third kappa shape index (κ3) is 3.62. The van der Waals surface area contributed by atoms with Crippen LogP contribution in [-0.4, -0.2) is 30.6 Å². The standard InChI is InChI=1S/C17H20N2O4S/c1-22-16(20)14-8-9-15(24-14)18-17(21)19-10-4-2-3-6-12(19)13-7-5-11-23-13/h5,7-9,11-12H,2-4,6,10H2,1H3,(H,18,21). The summed E-state index contributed by atoms with van der Waals surface area (Å²) >= 11 is 1.21. The van der Waals surface area contributed by atoms with Crippen LogP contribution in [0.4, 0.5) is 9.80 Å². The van der Waals surface area contributed by atoms with Gasteiger partial charge in [0.15, 0.2) is 0 Å². The number of hydrogen-bond donors (Lipinski definition) is 1. The summed E-state index contributed by atoms with van der Waals surface area (Å²) in [5, 5.41) is 3.51. The fraction of sp³-hybridized carbons (Fsp3) is 0.412. The first kappa shape index (κ1) is 16.6. The second kappa shape index (κ2) is 7.53.